The van der Waals surface area contributed by atoms with Crippen LogP contribution in [-0.2, 0) is 5.54 Å². The van der Waals surface area contributed by atoms with Crippen LogP contribution in [0.4, 0.5) is 0 Å². The molecule has 110 valence electrons. The number of nitrogens with zero attached hydrogens (tertiary/aromatic N) is 4. The van der Waals surface area contributed by atoms with Crippen LogP contribution in [0, 0.1) is 11.3 Å². The van der Waals surface area contributed by atoms with Crippen molar-refractivity contribution in [2.24, 2.45) is 0 Å². The Kier molecular flexibility index (Phi) is 4.94. The van der Waals surface area contributed by atoms with Gasteiger partial charge in [-0.2, -0.15) is 10.4 Å². The molecular weight excluding hydrogens is 288 g/mol. The van der Waals surface area contributed by atoms with Crippen molar-refractivity contribution in [3.63, 3.8) is 0 Å². The van der Waals surface area contributed by atoms with E-state index in [-0.39, 0.29) is 6.42 Å². The number of hydrogen-bond acceptors (Lipinski definition) is 4. The summed E-state index contributed by atoms with van der Waals surface area (Å²) >= 11 is 5.95. The third-order valence-electron chi connectivity index (χ3n) is 3.59. The van der Waals surface area contributed by atoms with Crippen molar-refractivity contribution in [3.8, 4) is 6.07 Å². The van der Waals surface area contributed by atoms with Gasteiger partial charge in [-0.1, -0.05) is 23.7 Å². The smallest absolute Gasteiger partial charge is 0.137 e. The van der Waals surface area contributed by atoms with Crippen molar-refractivity contribution in [1.29, 1.82) is 5.26 Å². The molecule has 0 aliphatic heterocycles. The molecule has 1 aromatic heterocycles. The van der Waals surface area contributed by atoms with Gasteiger partial charge in [0.2, 0.25) is 0 Å². The minimum absolute atomic E-state index is 0.241. The zero-order valence-corrected chi connectivity index (χ0v) is 12.5. The fraction of sp³-hybridized carbons (Fsp3) is 0.400. The Morgan fingerprint density at radius 3 is 2.67 bits per heavy atom. The average Bonchev–Trinajstić information content (AvgIpc) is 2.99. The molecule has 0 fully saturated rings. The summed E-state index contributed by atoms with van der Waals surface area (Å²) in [6.45, 7) is 1.74. The maximum atomic E-state index is 9.62. The second-order valence-corrected chi connectivity index (χ2v) is 5.54. The zero-order valence-electron chi connectivity index (χ0n) is 11.8. The Bertz CT molecular complexity index is 604. The highest BCUT2D eigenvalue weighted by molar-refractivity contribution is 6.30. The van der Waals surface area contributed by atoms with E-state index >= 15 is 0 Å². The third kappa shape index (κ3) is 3.41. The summed E-state index contributed by atoms with van der Waals surface area (Å²) in [7, 11) is 0. The average molecular weight is 305 g/mol. The van der Waals surface area contributed by atoms with Crippen LogP contribution in [0.25, 0.3) is 0 Å². The highest BCUT2D eigenvalue weighted by Gasteiger charge is 2.35. The van der Waals surface area contributed by atoms with E-state index in [0.717, 1.165) is 5.56 Å². The van der Waals surface area contributed by atoms with Gasteiger partial charge >= 0.3 is 0 Å². The summed E-state index contributed by atoms with van der Waals surface area (Å²) in [5.41, 5.74) is 0.284. The van der Waals surface area contributed by atoms with Crippen LogP contribution in [-0.4, -0.2) is 26.0 Å². The van der Waals surface area contributed by atoms with Gasteiger partial charge in [0.25, 0.3) is 0 Å². The van der Waals surface area contributed by atoms with Crippen molar-refractivity contribution in [2.45, 2.75) is 37.8 Å². The predicted octanol–water partition coefficient (Wildman–Crippen LogP) is 2.75. The van der Waals surface area contributed by atoms with Crippen molar-refractivity contribution < 1.29 is 5.11 Å². The molecule has 0 aliphatic carbocycles. The van der Waals surface area contributed by atoms with E-state index in [2.05, 4.69) is 16.2 Å². The molecule has 2 rings (SSSR count). The lowest BCUT2D eigenvalue weighted by atomic mass is 9.82. The Morgan fingerprint density at radius 2 is 2.14 bits per heavy atom. The number of aromatic nitrogens is 3. The van der Waals surface area contributed by atoms with Crippen LogP contribution >= 0.6 is 11.6 Å². The molecule has 0 radical (unpaired) electrons. The van der Waals surface area contributed by atoms with Crippen LogP contribution < -0.4 is 0 Å². The van der Waals surface area contributed by atoms with Gasteiger partial charge in [0.15, 0.2) is 0 Å². The molecule has 0 saturated heterocycles. The molecule has 0 aliphatic rings. The maximum Gasteiger partial charge on any atom is 0.137 e. The molecular formula is C15H17ClN4O. The Hall–Kier alpha value is -1.90. The normalized spacial score (nSPS) is 15.1. The molecule has 0 amide bonds. The van der Waals surface area contributed by atoms with Crippen LogP contribution in [0.3, 0.4) is 0 Å². The van der Waals surface area contributed by atoms with Gasteiger partial charge in [-0.3, -0.25) is 0 Å². The molecule has 0 saturated carbocycles. The lowest BCUT2D eigenvalue weighted by Gasteiger charge is -2.33. The van der Waals surface area contributed by atoms with Crippen LogP contribution in [0.1, 0.15) is 31.7 Å². The quantitative estimate of drug-likeness (QED) is 0.890. The fourth-order valence-electron chi connectivity index (χ4n) is 2.43. The van der Waals surface area contributed by atoms with Crippen molar-refractivity contribution in [1.82, 2.24) is 14.8 Å². The maximum absolute atomic E-state index is 9.62. The molecule has 21 heavy (non-hydrogen) atoms. The first-order valence-corrected chi connectivity index (χ1v) is 7.12. The number of aliphatic hydroxyl groups excluding tert-OH is 1. The van der Waals surface area contributed by atoms with Gasteiger partial charge in [0.05, 0.1) is 18.6 Å². The minimum atomic E-state index is -0.646. The molecule has 2 atom stereocenters. The molecule has 5 nitrogen and oxygen atoms in total. The molecule has 0 spiro atoms. The minimum Gasteiger partial charge on any atom is -0.393 e. The highest BCUT2D eigenvalue weighted by atomic mass is 35.5. The van der Waals surface area contributed by atoms with Gasteiger partial charge in [-0.15, -0.1) is 0 Å². The molecule has 1 N–H and O–H groups in total. The molecule has 2 aromatic rings. The van der Waals surface area contributed by atoms with Gasteiger partial charge in [0, 0.05) is 5.02 Å². The summed E-state index contributed by atoms with van der Waals surface area (Å²) in [5, 5.41) is 23.8. The van der Waals surface area contributed by atoms with Gasteiger partial charge in [-0.25, -0.2) is 9.67 Å². The van der Waals surface area contributed by atoms with Crippen molar-refractivity contribution >= 4 is 11.6 Å². The number of nitriles is 1. The molecule has 1 aromatic carbocycles. The summed E-state index contributed by atoms with van der Waals surface area (Å²) < 4.78 is 1.70. The van der Waals surface area contributed by atoms with Gasteiger partial charge in [0.1, 0.15) is 18.2 Å². The van der Waals surface area contributed by atoms with Gasteiger partial charge < -0.3 is 5.11 Å². The number of rotatable bonds is 6. The first kappa shape index (κ1) is 15.5. The molecule has 6 heteroatoms. The number of hydrogen-bond donors (Lipinski definition) is 1. The van der Waals surface area contributed by atoms with Crippen molar-refractivity contribution in [2.75, 3.05) is 0 Å². The zero-order chi connectivity index (χ0) is 15.3. The van der Waals surface area contributed by atoms with Gasteiger partial charge in [-0.05, 0) is 37.5 Å². The highest BCUT2D eigenvalue weighted by Crippen LogP contribution is 2.35. The second-order valence-electron chi connectivity index (χ2n) is 5.10. The van der Waals surface area contributed by atoms with E-state index in [9.17, 15) is 10.4 Å². The van der Waals surface area contributed by atoms with E-state index in [1.54, 1.807) is 30.1 Å². The SMILES string of the molecule is CC(O)CCC(CC#N)(c1ccc(Cl)cc1)n1cncn1. The van der Waals surface area contributed by atoms with Crippen molar-refractivity contribution in [3.05, 3.63) is 47.5 Å². The largest absolute Gasteiger partial charge is 0.393 e. The van der Waals surface area contributed by atoms with E-state index in [1.807, 2.05) is 12.1 Å². The standard InChI is InChI=1S/C15H17ClN4O/c1-12(21)6-7-15(8-9-17,20-11-18-10-19-20)13-2-4-14(16)5-3-13/h2-5,10-12,21H,6-8H2,1H3. The first-order chi connectivity index (χ1) is 10.1. The summed E-state index contributed by atoms with van der Waals surface area (Å²) in [4.78, 5) is 3.99. The van der Waals surface area contributed by atoms with Crippen LogP contribution in [0.15, 0.2) is 36.9 Å². The predicted molar refractivity (Wildman–Crippen MR) is 79.7 cm³/mol. The lowest BCUT2D eigenvalue weighted by molar-refractivity contribution is 0.158. The summed E-state index contributed by atoms with van der Waals surface area (Å²) in [6, 6.07) is 9.60. The molecule has 1 heterocycles. The number of benzene rings is 1. The second kappa shape index (κ2) is 6.70. The Labute approximate surface area is 128 Å². The van der Waals surface area contributed by atoms with Crippen LogP contribution in [0.2, 0.25) is 5.02 Å². The summed E-state index contributed by atoms with van der Waals surface area (Å²) in [5.74, 6) is 0. The fourth-order valence-corrected chi connectivity index (χ4v) is 2.56. The number of halogens is 1. The molecule has 2 unspecified atom stereocenters. The number of aliphatic hydroxyl groups is 1. The Balaban J connectivity index is 2.49. The molecule has 0 bridgehead atoms. The van der Waals surface area contributed by atoms with E-state index in [4.69, 9.17) is 11.6 Å². The lowest BCUT2D eigenvalue weighted by Crippen LogP contribution is -2.36. The van der Waals surface area contributed by atoms with Crippen LogP contribution in [0.5, 0.6) is 0 Å². The monoisotopic (exact) mass is 304 g/mol. The summed E-state index contributed by atoms with van der Waals surface area (Å²) in [6.07, 6.45) is 4.00. The Morgan fingerprint density at radius 1 is 1.43 bits per heavy atom. The van der Waals surface area contributed by atoms with E-state index in [1.165, 1.54) is 6.33 Å². The van der Waals surface area contributed by atoms with E-state index < -0.39 is 11.6 Å². The topological polar surface area (TPSA) is 74.7 Å². The third-order valence-corrected chi connectivity index (χ3v) is 3.84. The van der Waals surface area contributed by atoms with E-state index in [0.29, 0.717) is 17.9 Å². The first-order valence-electron chi connectivity index (χ1n) is 6.74.